The van der Waals surface area contributed by atoms with Crippen LogP contribution in [0.25, 0.3) is 11.3 Å². The number of rotatable bonds is 3. The van der Waals surface area contributed by atoms with Crippen molar-refractivity contribution in [2.24, 2.45) is 0 Å². The molecule has 0 saturated carbocycles. The molecule has 0 aliphatic rings. The number of nitrogens with one attached hydrogen (secondary N) is 2. The number of aromatic nitrogens is 1. The number of urea groups is 1. The van der Waals surface area contributed by atoms with E-state index >= 15 is 0 Å². The van der Waals surface area contributed by atoms with Crippen LogP contribution >= 0.6 is 33.9 Å². The summed E-state index contributed by atoms with van der Waals surface area (Å²) in [6.07, 6.45) is 0. The summed E-state index contributed by atoms with van der Waals surface area (Å²) >= 11 is 3.43. The van der Waals surface area contributed by atoms with E-state index in [0.717, 1.165) is 21.3 Å². The summed E-state index contributed by atoms with van der Waals surface area (Å²) in [6, 6.07) is 10.4. The summed E-state index contributed by atoms with van der Waals surface area (Å²) < 4.78 is 28.1. The lowest BCUT2D eigenvalue weighted by Gasteiger charge is -2.07. The fraction of sp³-hybridized carbons (Fsp3) is 0. The first-order valence-electron chi connectivity index (χ1n) is 6.76. The maximum Gasteiger partial charge on any atom is 0.325 e. The second kappa shape index (κ2) is 7.22. The fourth-order valence-corrected chi connectivity index (χ4v) is 3.02. The van der Waals surface area contributed by atoms with Gasteiger partial charge in [0.15, 0.2) is 5.13 Å². The summed E-state index contributed by atoms with van der Waals surface area (Å²) in [5.41, 5.74) is 1.13. The van der Waals surface area contributed by atoms with Gasteiger partial charge >= 0.3 is 6.03 Å². The normalized spacial score (nSPS) is 10.5. The number of thiazole rings is 1. The Labute approximate surface area is 154 Å². The van der Waals surface area contributed by atoms with Crippen LogP contribution in [0.1, 0.15) is 0 Å². The maximum absolute atomic E-state index is 13.5. The third kappa shape index (κ3) is 3.88. The molecule has 0 fully saturated rings. The molecular formula is C16H10F2IN3OS. The number of carbonyl (C=O) groups excluding carboxylic acids is 1. The average molecular weight is 457 g/mol. The van der Waals surface area contributed by atoms with E-state index in [1.54, 1.807) is 5.38 Å². The highest BCUT2D eigenvalue weighted by atomic mass is 127. The lowest BCUT2D eigenvalue weighted by molar-refractivity contribution is 0.262. The highest BCUT2D eigenvalue weighted by molar-refractivity contribution is 14.1. The predicted molar refractivity (Wildman–Crippen MR) is 99.3 cm³/mol. The number of hydrogen-bond donors (Lipinski definition) is 2. The van der Waals surface area contributed by atoms with Crippen molar-refractivity contribution in [3.8, 4) is 11.3 Å². The van der Waals surface area contributed by atoms with E-state index in [1.165, 1.54) is 17.4 Å². The molecule has 3 aromatic rings. The number of carbonyl (C=O) groups is 1. The van der Waals surface area contributed by atoms with Gasteiger partial charge in [-0.05, 0) is 46.9 Å². The molecule has 0 saturated heterocycles. The highest BCUT2D eigenvalue weighted by Crippen LogP contribution is 2.26. The van der Waals surface area contributed by atoms with Crippen LogP contribution in [0.4, 0.5) is 24.4 Å². The molecule has 2 aromatic carbocycles. The third-order valence-corrected chi connectivity index (χ3v) is 4.54. The Hall–Kier alpha value is -2.07. The number of nitrogens with zero attached hydrogens (tertiary/aromatic N) is 1. The lowest BCUT2D eigenvalue weighted by Crippen LogP contribution is -2.20. The van der Waals surface area contributed by atoms with E-state index in [4.69, 9.17) is 0 Å². The van der Waals surface area contributed by atoms with Crippen LogP contribution in [-0.2, 0) is 0 Å². The largest absolute Gasteiger partial charge is 0.325 e. The summed E-state index contributed by atoms with van der Waals surface area (Å²) in [6.45, 7) is 0. The molecule has 0 aliphatic carbocycles. The van der Waals surface area contributed by atoms with Gasteiger partial charge < -0.3 is 5.32 Å². The van der Waals surface area contributed by atoms with Crippen molar-refractivity contribution < 1.29 is 13.6 Å². The highest BCUT2D eigenvalue weighted by Gasteiger charge is 2.13. The Kier molecular flexibility index (Phi) is 5.05. The van der Waals surface area contributed by atoms with Gasteiger partial charge in [-0.15, -0.1) is 11.3 Å². The van der Waals surface area contributed by atoms with Gasteiger partial charge in [0, 0.05) is 14.5 Å². The number of amides is 2. The van der Waals surface area contributed by atoms with Crippen molar-refractivity contribution in [1.29, 1.82) is 0 Å². The van der Waals surface area contributed by atoms with Crippen LogP contribution < -0.4 is 10.6 Å². The number of anilines is 2. The van der Waals surface area contributed by atoms with E-state index in [1.807, 2.05) is 24.3 Å². The standard InChI is InChI=1S/C16H10F2IN3OS/c17-11-2-1-3-12(18)14(11)21-15(23)22-16-20-13(8-24-16)9-4-6-10(19)7-5-9/h1-8H,(H2,20,21,22,23). The molecule has 1 aromatic heterocycles. The minimum atomic E-state index is -0.844. The third-order valence-electron chi connectivity index (χ3n) is 3.07. The molecule has 0 unspecified atom stereocenters. The monoisotopic (exact) mass is 457 g/mol. The van der Waals surface area contributed by atoms with Crippen molar-refractivity contribution in [3.63, 3.8) is 0 Å². The first kappa shape index (κ1) is 16.8. The molecule has 2 N–H and O–H groups in total. The quantitative estimate of drug-likeness (QED) is 0.522. The summed E-state index contributed by atoms with van der Waals surface area (Å²) in [5, 5.41) is 6.74. The van der Waals surface area contributed by atoms with Crippen LogP contribution in [0.2, 0.25) is 0 Å². The molecule has 8 heteroatoms. The van der Waals surface area contributed by atoms with E-state index in [0.29, 0.717) is 10.8 Å². The molecule has 0 atom stereocenters. The van der Waals surface area contributed by atoms with Gasteiger partial charge in [0.25, 0.3) is 0 Å². The van der Waals surface area contributed by atoms with E-state index in [2.05, 4.69) is 38.2 Å². The van der Waals surface area contributed by atoms with E-state index < -0.39 is 23.4 Å². The molecule has 3 rings (SSSR count). The van der Waals surface area contributed by atoms with Crippen molar-refractivity contribution in [2.75, 3.05) is 10.6 Å². The van der Waals surface area contributed by atoms with Gasteiger partial charge in [-0.25, -0.2) is 18.6 Å². The first-order chi connectivity index (χ1) is 11.5. The van der Waals surface area contributed by atoms with Crippen LogP contribution in [0.5, 0.6) is 0 Å². The minimum absolute atomic E-state index is 0.331. The van der Waals surface area contributed by atoms with E-state index in [9.17, 15) is 13.6 Å². The Morgan fingerprint density at radius 3 is 2.38 bits per heavy atom. The molecule has 0 bridgehead atoms. The predicted octanol–water partition coefficient (Wildman–Crippen LogP) is 5.34. The van der Waals surface area contributed by atoms with Crippen LogP contribution in [0.3, 0.4) is 0 Å². The molecule has 0 radical (unpaired) electrons. The Morgan fingerprint density at radius 2 is 1.71 bits per heavy atom. The smallest absolute Gasteiger partial charge is 0.302 e. The lowest BCUT2D eigenvalue weighted by atomic mass is 10.2. The molecule has 2 amide bonds. The minimum Gasteiger partial charge on any atom is -0.302 e. The Bertz CT molecular complexity index is 863. The molecule has 0 spiro atoms. The molecule has 24 heavy (non-hydrogen) atoms. The summed E-state index contributed by atoms with van der Waals surface area (Å²) in [4.78, 5) is 16.2. The Balaban J connectivity index is 1.70. The molecule has 1 heterocycles. The van der Waals surface area contributed by atoms with E-state index in [-0.39, 0.29) is 0 Å². The number of para-hydroxylation sites is 1. The average Bonchev–Trinajstić information content (AvgIpc) is 3.00. The van der Waals surface area contributed by atoms with Crippen LogP contribution in [0.15, 0.2) is 47.8 Å². The molecule has 4 nitrogen and oxygen atoms in total. The van der Waals surface area contributed by atoms with Gasteiger partial charge in [-0.3, -0.25) is 5.32 Å². The number of halogens is 3. The second-order valence-electron chi connectivity index (χ2n) is 4.72. The van der Waals surface area contributed by atoms with Crippen molar-refractivity contribution in [3.05, 3.63) is 63.0 Å². The SMILES string of the molecule is O=C(Nc1nc(-c2ccc(I)cc2)cs1)Nc1c(F)cccc1F. The summed E-state index contributed by atoms with van der Waals surface area (Å²) in [7, 11) is 0. The zero-order chi connectivity index (χ0) is 17.1. The van der Waals surface area contributed by atoms with Gasteiger partial charge in [0.1, 0.15) is 17.3 Å². The zero-order valence-corrected chi connectivity index (χ0v) is 15.0. The molecule has 122 valence electrons. The number of hydrogen-bond acceptors (Lipinski definition) is 3. The van der Waals surface area contributed by atoms with Gasteiger partial charge in [0.2, 0.25) is 0 Å². The maximum atomic E-state index is 13.5. The van der Waals surface area contributed by atoms with Crippen LogP contribution in [-0.4, -0.2) is 11.0 Å². The topological polar surface area (TPSA) is 54.0 Å². The first-order valence-corrected chi connectivity index (χ1v) is 8.72. The van der Waals surface area contributed by atoms with Crippen molar-refractivity contribution in [2.45, 2.75) is 0 Å². The fourth-order valence-electron chi connectivity index (χ4n) is 1.94. The van der Waals surface area contributed by atoms with Gasteiger partial charge in [-0.1, -0.05) is 18.2 Å². The van der Waals surface area contributed by atoms with Gasteiger partial charge in [-0.2, -0.15) is 0 Å². The zero-order valence-electron chi connectivity index (χ0n) is 12.0. The van der Waals surface area contributed by atoms with Gasteiger partial charge in [0.05, 0.1) is 5.69 Å². The second-order valence-corrected chi connectivity index (χ2v) is 6.82. The number of benzene rings is 2. The van der Waals surface area contributed by atoms with Crippen molar-refractivity contribution >= 4 is 50.8 Å². The van der Waals surface area contributed by atoms with Crippen LogP contribution in [0, 0.1) is 15.2 Å². The molecular weight excluding hydrogens is 447 g/mol. The Morgan fingerprint density at radius 1 is 1.04 bits per heavy atom. The van der Waals surface area contributed by atoms with Crippen molar-refractivity contribution in [1.82, 2.24) is 4.98 Å². The summed E-state index contributed by atoms with van der Waals surface area (Å²) in [5.74, 6) is -1.69. The molecule has 0 aliphatic heterocycles.